The highest BCUT2D eigenvalue weighted by atomic mass is 35.5. The zero-order chi connectivity index (χ0) is 10.5. The topological polar surface area (TPSA) is 29.1 Å². The number of halogens is 1. The van der Waals surface area contributed by atoms with Gasteiger partial charge in [-0.1, -0.05) is 20.8 Å². The first-order chi connectivity index (χ1) is 6.01. The lowest BCUT2D eigenvalue weighted by atomic mass is 9.89. The van der Waals surface area contributed by atoms with Gasteiger partial charge in [-0.15, -0.1) is 11.6 Å². The third-order valence-electron chi connectivity index (χ3n) is 2.78. The predicted octanol–water partition coefficient (Wildman–Crippen LogP) is 2.70. The Morgan fingerprint density at radius 2 is 1.69 bits per heavy atom. The van der Waals surface area contributed by atoms with Crippen LogP contribution in [-0.2, 0) is 4.79 Å². The Kier molecular flexibility index (Phi) is 5.38. The summed E-state index contributed by atoms with van der Waals surface area (Å²) in [6.45, 7) is 7.97. The smallest absolute Gasteiger partial charge is 0.238 e. The second-order valence-electron chi connectivity index (χ2n) is 3.45. The van der Waals surface area contributed by atoms with Crippen molar-refractivity contribution >= 4 is 17.5 Å². The Bertz CT molecular complexity index is 156. The van der Waals surface area contributed by atoms with Crippen LogP contribution in [0, 0.1) is 0 Å². The summed E-state index contributed by atoms with van der Waals surface area (Å²) in [7, 11) is 0. The highest BCUT2D eigenvalue weighted by Crippen LogP contribution is 2.19. The Balaban J connectivity index is 4.33. The Hall–Kier alpha value is -0.240. The molecule has 0 aliphatic heterocycles. The number of nitrogens with one attached hydrogen (secondary N) is 1. The van der Waals surface area contributed by atoms with Crippen LogP contribution in [0.15, 0.2) is 0 Å². The molecular weight excluding hydrogens is 186 g/mol. The van der Waals surface area contributed by atoms with Gasteiger partial charge in [-0.05, 0) is 26.2 Å². The molecule has 0 aromatic rings. The molecule has 0 rings (SSSR count). The summed E-state index contributed by atoms with van der Waals surface area (Å²) >= 11 is 5.69. The van der Waals surface area contributed by atoms with E-state index >= 15 is 0 Å². The SMILES string of the molecule is CCC(CC)(CC)NC(=O)C(C)Cl. The van der Waals surface area contributed by atoms with E-state index in [2.05, 4.69) is 26.1 Å². The Morgan fingerprint density at radius 1 is 1.31 bits per heavy atom. The maximum absolute atomic E-state index is 11.4. The zero-order valence-corrected chi connectivity index (χ0v) is 9.74. The van der Waals surface area contributed by atoms with Gasteiger partial charge < -0.3 is 5.32 Å². The molecule has 0 aliphatic carbocycles. The van der Waals surface area contributed by atoms with Crippen LogP contribution in [0.25, 0.3) is 0 Å². The maximum Gasteiger partial charge on any atom is 0.238 e. The summed E-state index contributed by atoms with van der Waals surface area (Å²) in [6.07, 6.45) is 2.86. The Morgan fingerprint density at radius 3 is 1.92 bits per heavy atom. The molecule has 13 heavy (non-hydrogen) atoms. The molecule has 1 unspecified atom stereocenters. The maximum atomic E-state index is 11.4. The third kappa shape index (κ3) is 3.55. The molecular formula is C10H20ClNO. The van der Waals surface area contributed by atoms with Crippen LogP contribution in [0.5, 0.6) is 0 Å². The van der Waals surface area contributed by atoms with Gasteiger partial charge in [0.05, 0.1) is 0 Å². The van der Waals surface area contributed by atoms with Gasteiger partial charge in [-0.25, -0.2) is 0 Å². The first-order valence-electron chi connectivity index (χ1n) is 4.97. The van der Waals surface area contributed by atoms with E-state index in [4.69, 9.17) is 11.6 Å². The van der Waals surface area contributed by atoms with E-state index < -0.39 is 5.38 Å². The fraction of sp³-hybridized carbons (Fsp3) is 0.900. The normalized spacial score (nSPS) is 13.9. The minimum Gasteiger partial charge on any atom is -0.349 e. The lowest BCUT2D eigenvalue weighted by molar-refractivity contribution is -0.122. The molecule has 0 aliphatic rings. The van der Waals surface area contributed by atoms with Crippen molar-refractivity contribution in [2.24, 2.45) is 0 Å². The van der Waals surface area contributed by atoms with E-state index in [1.54, 1.807) is 6.92 Å². The van der Waals surface area contributed by atoms with E-state index in [-0.39, 0.29) is 11.4 Å². The number of amides is 1. The summed E-state index contributed by atoms with van der Waals surface area (Å²) in [4.78, 5) is 11.4. The molecule has 0 heterocycles. The Labute approximate surface area is 86.0 Å². The number of alkyl halides is 1. The van der Waals surface area contributed by atoms with Crippen molar-refractivity contribution in [2.75, 3.05) is 0 Å². The van der Waals surface area contributed by atoms with E-state index in [9.17, 15) is 4.79 Å². The monoisotopic (exact) mass is 205 g/mol. The molecule has 1 atom stereocenters. The predicted molar refractivity (Wildman–Crippen MR) is 57.1 cm³/mol. The van der Waals surface area contributed by atoms with Gasteiger partial charge >= 0.3 is 0 Å². The van der Waals surface area contributed by atoms with Crippen molar-refractivity contribution in [3.63, 3.8) is 0 Å². The van der Waals surface area contributed by atoms with E-state index in [1.807, 2.05) is 0 Å². The molecule has 0 spiro atoms. The van der Waals surface area contributed by atoms with Crippen LogP contribution in [0.2, 0.25) is 0 Å². The minimum absolute atomic E-state index is 0.0553. The average molecular weight is 206 g/mol. The lowest BCUT2D eigenvalue weighted by Gasteiger charge is -2.32. The van der Waals surface area contributed by atoms with Gasteiger partial charge in [-0.3, -0.25) is 4.79 Å². The van der Waals surface area contributed by atoms with Crippen molar-refractivity contribution in [3.05, 3.63) is 0 Å². The fourth-order valence-corrected chi connectivity index (χ4v) is 1.43. The minimum atomic E-state index is -0.441. The number of hydrogen-bond acceptors (Lipinski definition) is 1. The van der Waals surface area contributed by atoms with Crippen molar-refractivity contribution < 1.29 is 4.79 Å². The number of rotatable bonds is 5. The summed E-state index contributed by atoms with van der Waals surface area (Å²) in [6, 6.07) is 0. The van der Waals surface area contributed by atoms with Gasteiger partial charge in [0.25, 0.3) is 0 Å². The second kappa shape index (κ2) is 5.48. The fourth-order valence-electron chi connectivity index (χ4n) is 1.38. The molecule has 0 aromatic carbocycles. The summed E-state index contributed by atoms with van der Waals surface area (Å²) in [5.74, 6) is -0.0628. The quantitative estimate of drug-likeness (QED) is 0.688. The highest BCUT2D eigenvalue weighted by Gasteiger charge is 2.26. The first-order valence-corrected chi connectivity index (χ1v) is 5.41. The van der Waals surface area contributed by atoms with Crippen LogP contribution < -0.4 is 5.32 Å². The molecule has 0 fully saturated rings. The van der Waals surface area contributed by atoms with Gasteiger partial charge in [0.1, 0.15) is 5.38 Å². The van der Waals surface area contributed by atoms with Crippen molar-refractivity contribution in [2.45, 2.75) is 57.9 Å². The largest absolute Gasteiger partial charge is 0.349 e. The molecule has 0 bridgehead atoms. The van der Waals surface area contributed by atoms with Gasteiger partial charge in [0.2, 0.25) is 5.91 Å². The molecule has 2 nitrogen and oxygen atoms in total. The molecule has 0 saturated heterocycles. The van der Waals surface area contributed by atoms with Gasteiger partial charge in [0, 0.05) is 5.54 Å². The molecule has 0 aromatic heterocycles. The van der Waals surface area contributed by atoms with Crippen LogP contribution >= 0.6 is 11.6 Å². The molecule has 1 amide bonds. The number of carbonyl (C=O) groups excluding carboxylic acids is 1. The van der Waals surface area contributed by atoms with E-state index in [1.165, 1.54) is 0 Å². The first kappa shape index (κ1) is 12.8. The van der Waals surface area contributed by atoms with Crippen LogP contribution in [0.3, 0.4) is 0 Å². The average Bonchev–Trinajstić information content (AvgIpc) is 2.14. The summed E-state index contributed by atoms with van der Waals surface area (Å²) in [5.41, 5.74) is -0.0553. The van der Waals surface area contributed by atoms with Crippen LogP contribution in [-0.4, -0.2) is 16.8 Å². The number of hydrogen-bond donors (Lipinski definition) is 1. The zero-order valence-electron chi connectivity index (χ0n) is 8.98. The molecule has 78 valence electrons. The van der Waals surface area contributed by atoms with E-state index in [0.29, 0.717) is 0 Å². The van der Waals surface area contributed by atoms with Crippen LogP contribution in [0.4, 0.5) is 0 Å². The summed E-state index contributed by atoms with van der Waals surface area (Å²) < 4.78 is 0. The molecule has 3 heteroatoms. The molecule has 0 radical (unpaired) electrons. The standard InChI is InChI=1S/C10H20ClNO/c1-5-10(6-2,7-3)12-9(13)8(4)11/h8H,5-7H2,1-4H3,(H,12,13). The number of carbonyl (C=O) groups is 1. The third-order valence-corrected chi connectivity index (χ3v) is 2.98. The van der Waals surface area contributed by atoms with Crippen molar-refractivity contribution in [1.82, 2.24) is 5.32 Å². The van der Waals surface area contributed by atoms with Crippen molar-refractivity contribution in [3.8, 4) is 0 Å². The molecule has 0 saturated carbocycles. The summed E-state index contributed by atoms with van der Waals surface area (Å²) in [5, 5.41) is 2.57. The molecule has 1 N–H and O–H groups in total. The highest BCUT2D eigenvalue weighted by molar-refractivity contribution is 6.30. The second-order valence-corrected chi connectivity index (χ2v) is 4.10. The van der Waals surface area contributed by atoms with Crippen molar-refractivity contribution in [1.29, 1.82) is 0 Å². The van der Waals surface area contributed by atoms with Gasteiger partial charge in [-0.2, -0.15) is 0 Å². The van der Waals surface area contributed by atoms with Crippen LogP contribution in [0.1, 0.15) is 47.0 Å². The van der Waals surface area contributed by atoms with Gasteiger partial charge in [0.15, 0.2) is 0 Å². The van der Waals surface area contributed by atoms with E-state index in [0.717, 1.165) is 19.3 Å². The lowest BCUT2D eigenvalue weighted by Crippen LogP contribution is -2.49.